The lowest BCUT2D eigenvalue weighted by Crippen LogP contribution is -2.35. The Labute approximate surface area is 211 Å². The minimum absolute atomic E-state index is 0.00270. The molecule has 34 heavy (non-hydrogen) atoms. The summed E-state index contributed by atoms with van der Waals surface area (Å²) in [7, 11) is 0. The number of nitrogens with one attached hydrogen (secondary N) is 2. The van der Waals surface area contributed by atoms with Gasteiger partial charge in [-0.25, -0.2) is 14.4 Å². The number of amides is 1. The fourth-order valence-electron chi connectivity index (χ4n) is 4.50. The molecular weight excluding hydrogens is 517 g/mol. The Hall–Kier alpha value is -2.10. The van der Waals surface area contributed by atoms with E-state index in [1.54, 1.807) is 17.5 Å². The summed E-state index contributed by atoms with van der Waals surface area (Å²) in [4.78, 5) is 25.1. The Morgan fingerprint density at radius 1 is 1.24 bits per heavy atom. The first-order valence-electron chi connectivity index (χ1n) is 12.0. The van der Waals surface area contributed by atoms with E-state index in [-0.39, 0.29) is 12.6 Å². The highest BCUT2D eigenvalue weighted by atomic mass is 79.9. The van der Waals surface area contributed by atoms with Gasteiger partial charge in [-0.2, -0.15) is 0 Å². The topological polar surface area (TPSA) is 70.2 Å². The van der Waals surface area contributed by atoms with E-state index in [9.17, 15) is 9.18 Å². The fraction of sp³-hybridized carbons (Fsp3) is 0.480. The van der Waals surface area contributed by atoms with Gasteiger partial charge < -0.3 is 15.5 Å². The number of carbonyl (C=O) groups excluding carboxylic acids is 1. The van der Waals surface area contributed by atoms with E-state index in [0.29, 0.717) is 30.0 Å². The number of anilines is 1. The van der Waals surface area contributed by atoms with Gasteiger partial charge in [-0.1, -0.05) is 6.07 Å². The molecule has 0 spiro atoms. The zero-order valence-electron chi connectivity index (χ0n) is 19.0. The highest BCUT2D eigenvalue weighted by molar-refractivity contribution is 9.10. The van der Waals surface area contributed by atoms with Crippen molar-refractivity contribution in [1.82, 2.24) is 20.2 Å². The molecule has 1 aliphatic carbocycles. The van der Waals surface area contributed by atoms with Crippen molar-refractivity contribution >= 4 is 49.2 Å². The van der Waals surface area contributed by atoms with Crippen molar-refractivity contribution in [2.45, 2.75) is 38.1 Å². The maximum Gasteiger partial charge on any atom is 0.252 e. The molecule has 0 unspecified atom stereocenters. The number of benzene rings is 1. The Morgan fingerprint density at radius 2 is 2.06 bits per heavy atom. The predicted molar refractivity (Wildman–Crippen MR) is 139 cm³/mol. The van der Waals surface area contributed by atoms with Crippen LogP contribution >= 0.6 is 27.3 Å². The Balaban J connectivity index is 1.26. The normalized spacial score (nSPS) is 17.2. The number of hydrogen-bond acceptors (Lipinski definition) is 6. The third-order valence-corrected chi connectivity index (χ3v) is 8.33. The third kappa shape index (κ3) is 5.58. The summed E-state index contributed by atoms with van der Waals surface area (Å²) in [6, 6.07) is 8.26. The summed E-state index contributed by atoms with van der Waals surface area (Å²) in [5, 5.41) is 7.43. The number of fused-ring (bicyclic) bond motifs is 1. The monoisotopic (exact) mass is 545 g/mol. The molecule has 0 bridgehead atoms. The number of piperidine rings is 1. The number of carbonyl (C=O) groups is 1. The summed E-state index contributed by atoms with van der Waals surface area (Å²) in [5.74, 6) is 1.26. The third-order valence-electron chi connectivity index (χ3n) is 6.64. The minimum atomic E-state index is -0.260. The zero-order chi connectivity index (χ0) is 23.5. The van der Waals surface area contributed by atoms with Gasteiger partial charge in [0.25, 0.3) is 5.91 Å². The highest BCUT2D eigenvalue weighted by Crippen LogP contribution is 2.37. The minimum Gasteiger partial charge on any atom is -0.354 e. The van der Waals surface area contributed by atoms with Gasteiger partial charge in [-0.15, -0.1) is 11.3 Å². The molecule has 180 valence electrons. The predicted octanol–water partition coefficient (Wildman–Crippen LogP) is 5.50. The number of halogens is 2. The van der Waals surface area contributed by atoms with Gasteiger partial charge in [0.05, 0.1) is 9.35 Å². The maximum absolute atomic E-state index is 12.7. The van der Waals surface area contributed by atoms with E-state index >= 15 is 0 Å². The molecule has 2 aliphatic rings. The van der Waals surface area contributed by atoms with Crippen molar-refractivity contribution in [2.75, 3.05) is 38.2 Å². The second-order valence-electron chi connectivity index (χ2n) is 9.16. The molecule has 3 aromatic rings. The van der Waals surface area contributed by atoms with Crippen molar-refractivity contribution in [3.05, 3.63) is 40.5 Å². The Morgan fingerprint density at radius 3 is 2.82 bits per heavy atom. The average molecular weight is 547 g/mol. The van der Waals surface area contributed by atoms with Crippen LogP contribution < -0.4 is 10.6 Å². The first-order chi connectivity index (χ1) is 16.6. The number of alkyl halides is 1. The standard InChI is InChI=1S/C25H29BrFN5OS/c26-20-15-29-25(28-10-6-16-7-11-32(12-8-16)13-9-27)31-23(20)22-14-19-18(2-1-3-21(19)34-22)24(33)30-17-4-5-17/h1-3,14-17H,4-13H2,(H,30,33)(H,28,29,31). The van der Waals surface area contributed by atoms with E-state index in [2.05, 4.69) is 42.5 Å². The van der Waals surface area contributed by atoms with E-state index < -0.39 is 0 Å². The summed E-state index contributed by atoms with van der Waals surface area (Å²) < 4.78 is 14.4. The van der Waals surface area contributed by atoms with Gasteiger partial charge in [0, 0.05) is 41.0 Å². The zero-order valence-corrected chi connectivity index (χ0v) is 21.4. The van der Waals surface area contributed by atoms with Gasteiger partial charge in [0.15, 0.2) is 0 Å². The first-order valence-corrected chi connectivity index (χ1v) is 13.6. The van der Waals surface area contributed by atoms with Gasteiger partial charge in [-0.3, -0.25) is 4.79 Å². The summed E-state index contributed by atoms with van der Waals surface area (Å²) in [6.07, 6.45) is 7.21. The lowest BCUT2D eigenvalue weighted by atomic mass is 9.93. The smallest absolute Gasteiger partial charge is 0.252 e. The van der Waals surface area contributed by atoms with E-state index in [1.165, 1.54) is 0 Å². The maximum atomic E-state index is 12.7. The largest absolute Gasteiger partial charge is 0.354 e. The molecule has 3 heterocycles. The summed E-state index contributed by atoms with van der Waals surface area (Å²) in [6.45, 7) is 3.09. The van der Waals surface area contributed by atoms with Crippen LogP contribution in [0.15, 0.2) is 34.9 Å². The molecule has 5 rings (SSSR count). The van der Waals surface area contributed by atoms with Crippen molar-refractivity contribution < 1.29 is 9.18 Å². The van der Waals surface area contributed by atoms with Crippen molar-refractivity contribution in [1.29, 1.82) is 0 Å². The SMILES string of the molecule is O=C(NC1CC1)c1cccc2sc(-c3nc(NCCC4CCN(CCF)CC4)ncc3Br)cc12. The quantitative estimate of drug-likeness (QED) is 0.371. The second-order valence-corrected chi connectivity index (χ2v) is 11.1. The summed E-state index contributed by atoms with van der Waals surface area (Å²) in [5.41, 5.74) is 1.54. The molecule has 2 fully saturated rings. The molecule has 0 radical (unpaired) electrons. The molecule has 1 saturated carbocycles. The Kier molecular flexibility index (Phi) is 7.41. The van der Waals surface area contributed by atoms with Crippen molar-refractivity contribution in [3.63, 3.8) is 0 Å². The van der Waals surface area contributed by atoms with Crippen LogP contribution in [0.2, 0.25) is 0 Å². The van der Waals surface area contributed by atoms with Gasteiger partial charge in [0.2, 0.25) is 5.95 Å². The van der Waals surface area contributed by atoms with Crippen LogP contribution in [-0.4, -0.2) is 59.7 Å². The second kappa shape index (κ2) is 10.7. The number of thiophene rings is 1. The van der Waals surface area contributed by atoms with Crippen LogP contribution in [-0.2, 0) is 0 Å². The number of hydrogen-bond donors (Lipinski definition) is 2. The van der Waals surface area contributed by atoms with Gasteiger partial charge >= 0.3 is 0 Å². The number of likely N-dealkylation sites (tertiary alicyclic amines) is 1. The van der Waals surface area contributed by atoms with E-state index in [4.69, 9.17) is 4.98 Å². The molecule has 1 aliphatic heterocycles. The van der Waals surface area contributed by atoms with Gasteiger partial charge in [-0.05, 0) is 85.2 Å². The van der Waals surface area contributed by atoms with Crippen LogP contribution in [0.25, 0.3) is 20.7 Å². The average Bonchev–Trinajstić information content (AvgIpc) is 3.55. The fourth-order valence-corrected chi connectivity index (χ4v) is 6.13. The molecular formula is C25H29BrFN5OS. The van der Waals surface area contributed by atoms with Crippen LogP contribution in [0, 0.1) is 5.92 Å². The van der Waals surface area contributed by atoms with Crippen LogP contribution in [0.1, 0.15) is 42.5 Å². The molecule has 9 heteroatoms. The van der Waals surface area contributed by atoms with Crippen molar-refractivity contribution in [3.8, 4) is 10.6 Å². The van der Waals surface area contributed by atoms with Gasteiger partial charge in [0.1, 0.15) is 12.4 Å². The van der Waals surface area contributed by atoms with E-state index in [0.717, 1.165) is 76.9 Å². The molecule has 6 nitrogen and oxygen atoms in total. The van der Waals surface area contributed by atoms with E-state index in [1.807, 2.05) is 18.2 Å². The number of aromatic nitrogens is 2. The molecule has 2 aromatic heterocycles. The lowest BCUT2D eigenvalue weighted by molar-refractivity contribution is 0.0952. The van der Waals surface area contributed by atoms with Crippen LogP contribution in [0.3, 0.4) is 0 Å². The molecule has 0 atom stereocenters. The van der Waals surface area contributed by atoms with Crippen LogP contribution in [0.4, 0.5) is 10.3 Å². The highest BCUT2D eigenvalue weighted by Gasteiger charge is 2.25. The molecule has 1 saturated heterocycles. The lowest BCUT2D eigenvalue weighted by Gasteiger charge is -2.31. The van der Waals surface area contributed by atoms with Crippen LogP contribution in [0.5, 0.6) is 0 Å². The molecule has 2 N–H and O–H groups in total. The number of nitrogens with zero attached hydrogens (tertiary/aromatic N) is 3. The molecule has 1 aromatic carbocycles. The first kappa shape index (κ1) is 23.6. The summed E-state index contributed by atoms with van der Waals surface area (Å²) >= 11 is 5.24. The Bertz CT molecular complexity index is 1160. The number of rotatable bonds is 9. The molecule has 1 amide bonds. The van der Waals surface area contributed by atoms with Crippen molar-refractivity contribution in [2.24, 2.45) is 5.92 Å².